The summed E-state index contributed by atoms with van der Waals surface area (Å²) in [4.78, 5) is 29.9. The van der Waals surface area contributed by atoms with Gasteiger partial charge in [0.2, 0.25) is 11.8 Å². The lowest BCUT2D eigenvalue weighted by Gasteiger charge is -2.34. The SMILES string of the molecule is COc1ccccc1N(CC(=O)N(Cc1ccc(Cl)cc1Cl)[C@@H](Cc1ccccc1)C(=O)NCC(C)C)S(=O)(=O)c1ccccc1. The van der Waals surface area contributed by atoms with Crippen molar-refractivity contribution in [1.29, 1.82) is 0 Å². The maximum atomic E-state index is 14.6. The first kappa shape index (κ1) is 34.8. The van der Waals surface area contributed by atoms with E-state index in [1.54, 1.807) is 60.7 Å². The number of amides is 2. The van der Waals surface area contributed by atoms with Gasteiger partial charge in [-0.3, -0.25) is 13.9 Å². The Morgan fingerprint density at radius 1 is 0.870 bits per heavy atom. The number of nitrogens with one attached hydrogen (secondary N) is 1. The molecule has 0 spiro atoms. The van der Waals surface area contributed by atoms with Gasteiger partial charge in [-0.05, 0) is 53.4 Å². The Kier molecular flexibility index (Phi) is 12.1. The molecule has 0 bridgehead atoms. The Morgan fingerprint density at radius 3 is 2.13 bits per heavy atom. The van der Waals surface area contributed by atoms with Gasteiger partial charge in [0.1, 0.15) is 18.3 Å². The van der Waals surface area contributed by atoms with Crippen molar-refractivity contribution in [1.82, 2.24) is 10.2 Å². The van der Waals surface area contributed by atoms with Crippen molar-refractivity contribution in [3.63, 3.8) is 0 Å². The monoisotopic (exact) mass is 681 g/mol. The Hall–Kier alpha value is -4.05. The normalized spacial score (nSPS) is 12.0. The number of anilines is 1. The summed E-state index contributed by atoms with van der Waals surface area (Å²) in [5.74, 6) is -0.561. The van der Waals surface area contributed by atoms with E-state index in [1.807, 2.05) is 44.2 Å². The summed E-state index contributed by atoms with van der Waals surface area (Å²) in [6.45, 7) is 3.65. The van der Waals surface area contributed by atoms with Crippen LogP contribution in [0.2, 0.25) is 10.0 Å². The molecule has 11 heteroatoms. The number of rotatable bonds is 14. The summed E-state index contributed by atoms with van der Waals surface area (Å²) in [5.41, 5.74) is 1.55. The molecule has 8 nitrogen and oxygen atoms in total. The zero-order chi connectivity index (χ0) is 33.3. The number of sulfonamides is 1. The second-order valence-corrected chi connectivity index (χ2v) is 13.8. The predicted molar refractivity (Wildman–Crippen MR) is 183 cm³/mol. The molecule has 46 heavy (non-hydrogen) atoms. The summed E-state index contributed by atoms with van der Waals surface area (Å²) in [7, 11) is -2.84. The Labute approximate surface area is 280 Å². The molecule has 4 rings (SSSR count). The van der Waals surface area contributed by atoms with Gasteiger partial charge >= 0.3 is 0 Å². The third-order valence-electron chi connectivity index (χ3n) is 7.28. The highest BCUT2D eigenvalue weighted by Crippen LogP contribution is 2.33. The molecule has 2 amide bonds. The van der Waals surface area contributed by atoms with E-state index in [9.17, 15) is 18.0 Å². The second kappa shape index (κ2) is 16.0. The van der Waals surface area contributed by atoms with E-state index in [0.29, 0.717) is 22.2 Å². The highest BCUT2D eigenvalue weighted by molar-refractivity contribution is 7.92. The topological polar surface area (TPSA) is 96.0 Å². The fourth-order valence-electron chi connectivity index (χ4n) is 4.88. The van der Waals surface area contributed by atoms with Crippen LogP contribution in [0.1, 0.15) is 25.0 Å². The smallest absolute Gasteiger partial charge is 0.264 e. The third kappa shape index (κ3) is 8.81. The van der Waals surface area contributed by atoms with Gasteiger partial charge in [-0.25, -0.2) is 8.42 Å². The van der Waals surface area contributed by atoms with Crippen LogP contribution in [0.25, 0.3) is 0 Å². The van der Waals surface area contributed by atoms with Crippen LogP contribution in [-0.2, 0) is 32.6 Å². The molecule has 242 valence electrons. The first-order valence-electron chi connectivity index (χ1n) is 14.8. The predicted octanol–water partition coefficient (Wildman–Crippen LogP) is 6.61. The van der Waals surface area contributed by atoms with Crippen LogP contribution < -0.4 is 14.4 Å². The van der Waals surface area contributed by atoms with Gasteiger partial charge in [0, 0.05) is 29.6 Å². The molecule has 0 heterocycles. The highest BCUT2D eigenvalue weighted by Gasteiger charge is 2.35. The number of carbonyl (C=O) groups excluding carboxylic acids is 2. The van der Waals surface area contributed by atoms with Crippen LogP contribution >= 0.6 is 23.2 Å². The van der Waals surface area contributed by atoms with Crippen molar-refractivity contribution in [2.24, 2.45) is 5.92 Å². The molecule has 0 saturated heterocycles. The summed E-state index contributed by atoms with van der Waals surface area (Å²) in [6.07, 6.45) is 0.182. The van der Waals surface area contributed by atoms with Gasteiger partial charge in [0.05, 0.1) is 17.7 Å². The van der Waals surface area contributed by atoms with Gasteiger partial charge in [-0.2, -0.15) is 0 Å². The Morgan fingerprint density at radius 2 is 1.50 bits per heavy atom. The first-order valence-corrected chi connectivity index (χ1v) is 17.0. The Bertz CT molecular complexity index is 1740. The maximum absolute atomic E-state index is 14.6. The summed E-state index contributed by atoms with van der Waals surface area (Å²) in [5, 5.41) is 3.69. The zero-order valence-corrected chi connectivity index (χ0v) is 28.2. The van der Waals surface area contributed by atoms with Gasteiger partial charge in [-0.1, -0.05) is 104 Å². The minimum atomic E-state index is -4.27. The average molecular weight is 683 g/mol. The lowest BCUT2D eigenvalue weighted by molar-refractivity contribution is -0.140. The maximum Gasteiger partial charge on any atom is 0.264 e. The molecule has 4 aromatic rings. The highest BCUT2D eigenvalue weighted by atomic mass is 35.5. The van der Waals surface area contributed by atoms with Gasteiger partial charge in [0.15, 0.2) is 0 Å². The number of halogens is 2. The van der Waals surface area contributed by atoms with Crippen LogP contribution in [0.3, 0.4) is 0 Å². The zero-order valence-electron chi connectivity index (χ0n) is 25.9. The molecule has 1 atom stereocenters. The lowest BCUT2D eigenvalue weighted by Crippen LogP contribution is -2.53. The number of hydrogen-bond donors (Lipinski definition) is 1. The summed E-state index contributed by atoms with van der Waals surface area (Å²) >= 11 is 12.7. The van der Waals surface area contributed by atoms with E-state index >= 15 is 0 Å². The number of hydrogen-bond acceptors (Lipinski definition) is 5. The molecule has 0 aliphatic heterocycles. The molecule has 0 aliphatic carbocycles. The van der Waals surface area contributed by atoms with E-state index in [0.717, 1.165) is 9.87 Å². The van der Waals surface area contributed by atoms with Crippen molar-refractivity contribution >= 4 is 50.7 Å². The molecular formula is C35H37Cl2N3O5S. The minimum Gasteiger partial charge on any atom is -0.495 e. The van der Waals surface area contributed by atoms with E-state index in [4.69, 9.17) is 27.9 Å². The number of benzene rings is 4. The number of carbonyl (C=O) groups is 2. The van der Waals surface area contributed by atoms with Crippen molar-refractivity contribution in [3.05, 3.63) is 124 Å². The number of ether oxygens (including phenoxy) is 1. The molecule has 0 fully saturated rings. The Balaban J connectivity index is 1.84. The average Bonchev–Trinajstić information content (AvgIpc) is 3.05. The van der Waals surface area contributed by atoms with Crippen molar-refractivity contribution in [3.8, 4) is 5.75 Å². The van der Waals surface area contributed by atoms with E-state index < -0.39 is 28.5 Å². The molecule has 0 radical (unpaired) electrons. The van der Waals surface area contributed by atoms with Gasteiger partial charge in [-0.15, -0.1) is 0 Å². The molecule has 0 saturated carbocycles. The van der Waals surface area contributed by atoms with Gasteiger partial charge in [0.25, 0.3) is 10.0 Å². The van der Waals surface area contributed by atoms with Crippen LogP contribution in [0.5, 0.6) is 5.75 Å². The van der Waals surface area contributed by atoms with Crippen molar-refractivity contribution < 1.29 is 22.7 Å². The fraction of sp³-hybridized carbons (Fsp3) is 0.257. The quantitative estimate of drug-likeness (QED) is 0.162. The van der Waals surface area contributed by atoms with Crippen LogP contribution in [0, 0.1) is 5.92 Å². The number of para-hydroxylation sites is 2. The van der Waals surface area contributed by atoms with E-state index in [-0.39, 0.29) is 41.1 Å². The standard InChI is InChI=1S/C35H37Cl2N3O5S/c1-25(2)22-38-35(42)32(20-26-12-6-4-7-13-26)39(23-27-18-19-28(36)21-30(27)37)34(41)24-40(31-16-10-11-17-33(31)45-3)46(43,44)29-14-8-5-9-15-29/h4-19,21,25,32H,20,22-24H2,1-3H3,(H,38,42)/t32-/m0/s1. The molecule has 0 aromatic heterocycles. The first-order chi connectivity index (χ1) is 22.0. The second-order valence-electron chi connectivity index (χ2n) is 11.1. The lowest BCUT2D eigenvalue weighted by atomic mass is 10.0. The molecule has 4 aromatic carbocycles. The summed E-state index contributed by atoms with van der Waals surface area (Å²) in [6, 6.07) is 27.7. The van der Waals surface area contributed by atoms with Crippen molar-refractivity contribution in [2.75, 3.05) is 24.5 Å². The van der Waals surface area contributed by atoms with Gasteiger partial charge < -0.3 is 15.0 Å². The van der Waals surface area contributed by atoms with E-state index in [2.05, 4.69) is 5.32 Å². The van der Waals surface area contributed by atoms with Crippen LogP contribution in [0.4, 0.5) is 5.69 Å². The van der Waals surface area contributed by atoms with E-state index in [1.165, 1.54) is 24.1 Å². The molecular weight excluding hydrogens is 645 g/mol. The molecule has 0 unspecified atom stereocenters. The fourth-order valence-corrected chi connectivity index (χ4v) is 6.79. The molecule has 1 N–H and O–H groups in total. The third-order valence-corrected chi connectivity index (χ3v) is 9.64. The minimum absolute atomic E-state index is 0.00323. The van der Waals surface area contributed by atoms with Crippen LogP contribution in [-0.4, -0.2) is 51.4 Å². The summed E-state index contributed by atoms with van der Waals surface area (Å²) < 4.78 is 34.9. The van der Waals surface area contributed by atoms with Crippen molar-refractivity contribution in [2.45, 2.75) is 37.8 Å². The largest absolute Gasteiger partial charge is 0.495 e. The number of methoxy groups -OCH3 is 1. The molecule has 0 aliphatic rings. The van der Waals surface area contributed by atoms with Crippen LogP contribution in [0.15, 0.2) is 108 Å². The number of nitrogens with zero attached hydrogens (tertiary/aromatic N) is 2.